The topological polar surface area (TPSA) is 9.23 Å². The van der Waals surface area contributed by atoms with Crippen molar-refractivity contribution >= 4 is 5.69 Å². The van der Waals surface area contributed by atoms with Crippen molar-refractivity contribution in [1.29, 1.82) is 0 Å². The maximum atomic E-state index is 5.22. The first-order valence-corrected chi connectivity index (χ1v) is 4.64. The number of nitrogens with zero attached hydrogens (tertiary/aromatic N) is 1. The second-order valence-electron chi connectivity index (χ2n) is 4.15. The number of fused-ring (bicyclic) bond motifs is 1. The second-order valence-corrected chi connectivity index (χ2v) is 4.15. The first kappa shape index (κ1) is 8.57. The minimum absolute atomic E-state index is 0.965. The van der Waals surface area contributed by atoms with Crippen LogP contribution in [0.4, 0.5) is 5.69 Å². The van der Waals surface area contributed by atoms with Crippen molar-refractivity contribution in [2.24, 2.45) is 0 Å². The maximum Gasteiger partial charge on any atom is 0.139 e. The van der Waals surface area contributed by atoms with E-state index in [1.807, 2.05) is 6.07 Å². The summed E-state index contributed by atoms with van der Waals surface area (Å²) in [5, 5.41) is 0. The van der Waals surface area contributed by atoms with Crippen molar-refractivity contribution in [1.82, 2.24) is 4.48 Å². The summed E-state index contributed by atoms with van der Waals surface area (Å²) in [5.74, 6) is 0.965. The summed E-state index contributed by atoms with van der Waals surface area (Å²) in [6, 6.07) is 6.38. The van der Waals surface area contributed by atoms with Gasteiger partial charge in [-0.3, -0.25) is 4.48 Å². The van der Waals surface area contributed by atoms with Gasteiger partial charge in [-0.05, 0) is 12.1 Å². The van der Waals surface area contributed by atoms with Crippen LogP contribution in [0.2, 0.25) is 0 Å². The van der Waals surface area contributed by atoms with Crippen LogP contribution in [0.1, 0.15) is 5.56 Å². The number of rotatable bonds is 1. The van der Waals surface area contributed by atoms with E-state index in [0.717, 1.165) is 10.2 Å². The molecular formula is C11H16NO+. The summed E-state index contributed by atoms with van der Waals surface area (Å²) < 4.78 is 6.20. The molecule has 0 aliphatic carbocycles. The average Bonchev–Trinajstić information content (AvgIpc) is 2.42. The Kier molecular flexibility index (Phi) is 1.81. The van der Waals surface area contributed by atoms with E-state index in [1.54, 1.807) is 7.11 Å². The van der Waals surface area contributed by atoms with E-state index in [9.17, 15) is 0 Å². The molecule has 1 aromatic rings. The zero-order chi connectivity index (χ0) is 9.47. The van der Waals surface area contributed by atoms with Gasteiger partial charge in [-0.1, -0.05) is 0 Å². The highest BCUT2D eigenvalue weighted by Crippen LogP contribution is 2.34. The first-order valence-electron chi connectivity index (χ1n) is 4.64. The molecule has 0 saturated heterocycles. The Hall–Kier alpha value is -1.02. The molecule has 1 aliphatic rings. The van der Waals surface area contributed by atoms with Crippen molar-refractivity contribution < 1.29 is 4.74 Å². The molecular weight excluding hydrogens is 162 g/mol. The van der Waals surface area contributed by atoms with Gasteiger partial charge < -0.3 is 4.74 Å². The van der Waals surface area contributed by atoms with Crippen molar-refractivity contribution in [2.45, 2.75) is 6.42 Å². The van der Waals surface area contributed by atoms with Crippen LogP contribution in [-0.2, 0) is 6.42 Å². The van der Waals surface area contributed by atoms with Gasteiger partial charge in [0.15, 0.2) is 0 Å². The summed E-state index contributed by atoms with van der Waals surface area (Å²) in [5.41, 5.74) is 2.87. The van der Waals surface area contributed by atoms with Gasteiger partial charge in [-0.15, -0.1) is 0 Å². The van der Waals surface area contributed by atoms with Crippen LogP contribution < -0.4 is 9.22 Å². The fraction of sp³-hybridized carbons (Fsp3) is 0.455. The van der Waals surface area contributed by atoms with E-state index in [1.165, 1.54) is 24.2 Å². The minimum Gasteiger partial charge on any atom is -0.497 e. The molecule has 2 nitrogen and oxygen atoms in total. The standard InChI is InChI=1S/C11H16NO/c1-12(2)7-6-9-4-5-10(13-3)8-11(9)12/h4-5,8H,6-7H2,1-3H3/q+1. The molecule has 0 amide bonds. The highest BCUT2D eigenvalue weighted by atomic mass is 16.5. The third-order valence-electron chi connectivity index (χ3n) is 2.88. The van der Waals surface area contributed by atoms with Crippen LogP contribution in [0.15, 0.2) is 18.2 Å². The molecule has 1 aromatic carbocycles. The summed E-state index contributed by atoms with van der Waals surface area (Å²) in [7, 11) is 6.20. The Balaban J connectivity index is 2.50. The van der Waals surface area contributed by atoms with Crippen molar-refractivity contribution in [3.05, 3.63) is 23.8 Å². The van der Waals surface area contributed by atoms with Crippen molar-refractivity contribution in [2.75, 3.05) is 27.7 Å². The van der Waals surface area contributed by atoms with E-state index in [-0.39, 0.29) is 0 Å². The zero-order valence-corrected chi connectivity index (χ0v) is 8.50. The Bertz CT molecular complexity index is 331. The van der Waals surface area contributed by atoms with Crippen LogP contribution in [0, 0.1) is 0 Å². The molecule has 0 unspecified atom stereocenters. The van der Waals surface area contributed by atoms with Gasteiger partial charge in [0.05, 0.1) is 27.7 Å². The van der Waals surface area contributed by atoms with Crippen LogP contribution >= 0.6 is 0 Å². The monoisotopic (exact) mass is 178 g/mol. The van der Waals surface area contributed by atoms with Gasteiger partial charge in [-0.2, -0.15) is 0 Å². The number of hydrogen-bond donors (Lipinski definition) is 0. The molecule has 0 N–H and O–H groups in total. The number of benzene rings is 1. The van der Waals surface area contributed by atoms with E-state index in [0.29, 0.717) is 0 Å². The molecule has 13 heavy (non-hydrogen) atoms. The lowest BCUT2D eigenvalue weighted by atomic mass is 10.1. The highest BCUT2D eigenvalue weighted by molar-refractivity contribution is 5.57. The molecule has 70 valence electrons. The van der Waals surface area contributed by atoms with Gasteiger partial charge in [0.2, 0.25) is 0 Å². The molecule has 2 heteroatoms. The smallest absolute Gasteiger partial charge is 0.139 e. The van der Waals surface area contributed by atoms with Crippen LogP contribution in [-0.4, -0.2) is 27.7 Å². The van der Waals surface area contributed by atoms with Gasteiger partial charge in [-0.25, -0.2) is 0 Å². The molecule has 0 radical (unpaired) electrons. The largest absolute Gasteiger partial charge is 0.497 e. The zero-order valence-electron chi connectivity index (χ0n) is 8.50. The number of ether oxygens (including phenoxy) is 1. The van der Waals surface area contributed by atoms with Gasteiger partial charge >= 0.3 is 0 Å². The Labute approximate surface area is 79.3 Å². The van der Waals surface area contributed by atoms with Crippen LogP contribution in [0.25, 0.3) is 0 Å². The molecule has 0 bridgehead atoms. The summed E-state index contributed by atoms with van der Waals surface area (Å²) in [6.07, 6.45) is 1.19. The summed E-state index contributed by atoms with van der Waals surface area (Å²) in [4.78, 5) is 0. The molecule has 0 spiro atoms. The average molecular weight is 178 g/mol. The molecule has 0 atom stereocenters. The van der Waals surface area contributed by atoms with Crippen molar-refractivity contribution in [3.63, 3.8) is 0 Å². The second kappa shape index (κ2) is 2.74. The Morgan fingerprint density at radius 2 is 2.08 bits per heavy atom. The van der Waals surface area contributed by atoms with E-state index in [4.69, 9.17) is 4.74 Å². The fourth-order valence-corrected chi connectivity index (χ4v) is 1.97. The molecule has 1 aliphatic heterocycles. The third-order valence-corrected chi connectivity index (χ3v) is 2.88. The lowest BCUT2D eigenvalue weighted by Gasteiger charge is -2.23. The molecule has 0 fully saturated rings. The lowest BCUT2D eigenvalue weighted by molar-refractivity contribution is 0.407. The SMILES string of the molecule is COc1ccc2c(c1)[N+](C)(C)CC2. The van der Waals surface area contributed by atoms with Crippen molar-refractivity contribution in [3.8, 4) is 5.75 Å². The number of likely N-dealkylation sites (N-methyl/N-ethyl adjacent to an activating group) is 1. The third kappa shape index (κ3) is 1.31. The first-order chi connectivity index (χ1) is 6.13. The normalized spacial score (nSPS) is 18.4. The highest BCUT2D eigenvalue weighted by Gasteiger charge is 2.29. The van der Waals surface area contributed by atoms with Gasteiger partial charge in [0, 0.05) is 18.1 Å². The Morgan fingerprint density at radius 1 is 1.31 bits per heavy atom. The molecule has 2 rings (SSSR count). The Morgan fingerprint density at radius 3 is 2.77 bits per heavy atom. The van der Waals surface area contributed by atoms with E-state index >= 15 is 0 Å². The maximum absolute atomic E-state index is 5.22. The number of quaternary nitrogens is 1. The molecule has 0 saturated carbocycles. The number of hydrogen-bond acceptors (Lipinski definition) is 1. The summed E-state index contributed by atoms with van der Waals surface area (Å²) >= 11 is 0. The van der Waals surface area contributed by atoms with Crippen LogP contribution in [0.5, 0.6) is 5.75 Å². The quantitative estimate of drug-likeness (QED) is 0.596. The van der Waals surface area contributed by atoms with Gasteiger partial charge in [0.25, 0.3) is 0 Å². The minimum atomic E-state index is 0.965. The van der Waals surface area contributed by atoms with E-state index in [2.05, 4.69) is 26.2 Å². The molecule has 0 aromatic heterocycles. The molecule has 1 heterocycles. The predicted octanol–water partition coefficient (Wildman–Crippen LogP) is 1.82. The van der Waals surface area contributed by atoms with Gasteiger partial charge in [0.1, 0.15) is 11.4 Å². The van der Waals surface area contributed by atoms with E-state index < -0.39 is 0 Å². The van der Waals surface area contributed by atoms with Crippen LogP contribution in [0.3, 0.4) is 0 Å². The number of methoxy groups -OCH3 is 1. The predicted molar refractivity (Wildman–Crippen MR) is 55.2 cm³/mol. The fourth-order valence-electron chi connectivity index (χ4n) is 1.97. The lowest BCUT2D eigenvalue weighted by Crippen LogP contribution is -2.37. The summed E-state index contributed by atoms with van der Waals surface area (Å²) in [6.45, 7) is 1.20.